The number of benzene rings is 2. The molecule has 9 heteroatoms. The monoisotopic (exact) mass is 488 g/mol. The van der Waals surface area contributed by atoms with Crippen molar-refractivity contribution in [3.05, 3.63) is 82.3 Å². The van der Waals surface area contributed by atoms with Crippen molar-refractivity contribution in [1.29, 1.82) is 0 Å². The Hall–Kier alpha value is -2.84. The molecule has 32 heavy (non-hydrogen) atoms. The van der Waals surface area contributed by atoms with Gasteiger partial charge in [-0.2, -0.15) is 0 Å². The zero-order valence-corrected chi connectivity index (χ0v) is 19.2. The van der Waals surface area contributed by atoms with Crippen LogP contribution in [-0.4, -0.2) is 18.5 Å². The molecule has 0 aliphatic carbocycles. The number of nitrogens with zero attached hydrogens (tertiary/aromatic N) is 1. The third-order valence-corrected chi connectivity index (χ3v) is 7.23. The lowest BCUT2D eigenvalue weighted by Gasteiger charge is -2.16. The Kier molecular flexibility index (Phi) is 6.01. The number of aliphatic hydroxyl groups is 1. The first-order chi connectivity index (χ1) is 15.3. The molecule has 0 fully saturated rings. The largest absolute Gasteiger partial charge is 0.464 e. The van der Waals surface area contributed by atoms with Crippen molar-refractivity contribution < 1.29 is 17.9 Å². The second-order valence-electron chi connectivity index (χ2n) is 7.03. The molecule has 164 valence electrons. The van der Waals surface area contributed by atoms with Crippen LogP contribution < -0.4 is 4.72 Å². The second kappa shape index (κ2) is 8.60. The number of pyridine rings is 1. The fourth-order valence-corrected chi connectivity index (χ4v) is 5.59. The fraction of sp³-hybridized carbons (Fsp3) is 0.0870. The maximum atomic E-state index is 13.2. The van der Waals surface area contributed by atoms with Gasteiger partial charge in [0.05, 0.1) is 23.6 Å². The van der Waals surface area contributed by atoms with Crippen molar-refractivity contribution in [2.24, 2.45) is 0 Å². The van der Waals surface area contributed by atoms with Crippen molar-refractivity contribution in [2.75, 3.05) is 4.72 Å². The zero-order valence-electron chi connectivity index (χ0n) is 16.9. The summed E-state index contributed by atoms with van der Waals surface area (Å²) < 4.78 is 34.6. The number of fused-ring (bicyclic) bond motifs is 1. The number of hydrogen-bond acceptors (Lipinski definition) is 5. The summed E-state index contributed by atoms with van der Waals surface area (Å²) in [4.78, 5) is 4.10. The Morgan fingerprint density at radius 3 is 2.72 bits per heavy atom. The summed E-state index contributed by atoms with van der Waals surface area (Å²) in [6.07, 6.45) is 4.84. The Morgan fingerprint density at radius 1 is 1.22 bits per heavy atom. The van der Waals surface area contributed by atoms with Crippen LogP contribution in [0.15, 0.2) is 64.7 Å². The van der Waals surface area contributed by atoms with Gasteiger partial charge in [-0.15, -0.1) is 0 Å². The molecule has 2 aromatic heterocycles. The van der Waals surface area contributed by atoms with E-state index in [2.05, 4.69) is 16.3 Å². The van der Waals surface area contributed by atoms with Crippen LogP contribution in [0.25, 0.3) is 28.2 Å². The van der Waals surface area contributed by atoms with Gasteiger partial charge in [-0.05, 0) is 42.3 Å². The first-order valence-electron chi connectivity index (χ1n) is 9.47. The van der Waals surface area contributed by atoms with E-state index in [1.54, 1.807) is 36.7 Å². The summed E-state index contributed by atoms with van der Waals surface area (Å²) in [6, 6.07) is 9.62. The highest BCUT2D eigenvalue weighted by molar-refractivity contribution is 7.92. The molecule has 6 nitrogen and oxygen atoms in total. The van der Waals surface area contributed by atoms with E-state index in [0.717, 1.165) is 22.2 Å². The minimum absolute atomic E-state index is 0.0942. The molecule has 0 spiro atoms. The molecule has 2 heterocycles. The highest BCUT2D eigenvalue weighted by atomic mass is 35.5. The SMILES string of the molecule is C=Cc1c(NS(=O)(=O)c2cc(Cl)cc(CO)c2Cl)cccc1-c1coc2ccnc(C)c12. The first kappa shape index (κ1) is 22.4. The molecule has 0 bridgehead atoms. The average molecular weight is 489 g/mol. The van der Waals surface area contributed by atoms with E-state index < -0.39 is 16.6 Å². The number of nitrogens with one attached hydrogen (secondary N) is 1. The van der Waals surface area contributed by atoms with E-state index >= 15 is 0 Å². The summed E-state index contributed by atoms with van der Waals surface area (Å²) in [7, 11) is -4.13. The summed E-state index contributed by atoms with van der Waals surface area (Å²) in [5, 5.41) is 10.4. The van der Waals surface area contributed by atoms with Crippen LogP contribution in [0.3, 0.4) is 0 Å². The molecule has 2 aromatic carbocycles. The summed E-state index contributed by atoms with van der Waals surface area (Å²) in [5.41, 5.74) is 4.03. The molecule has 0 amide bonds. The topological polar surface area (TPSA) is 92.4 Å². The maximum Gasteiger partial charge on any atom is 0.263 e. The number of sulfonamides is 1. The van der Waals surface area contributed by atoms with Crippen LogP contribution in [0, 0.1) is 6.92 Å². The third-order valence-electron chi connectivity index (χ3n) is 5.06. The van der Waals surface area contributed by atoms with Gasteiger partial charge in [-0.3, -0.25) is 9.71 Å². The van der Waals surface area contributed by atoms with Crippen molar-refractivity contribution in [2.45, 2.75) is 18.4 Å². The molecular weight excluding hydrogens is 471 g/mol. The predicted molar refractivity (Wildman–Crippen MR) is 127 cm³/mol. The zero-order chi connectivity index (χ0) is 23.0. The van der Waals surface area contributed by atoms with Crippen molar-refractivity contribution in [3.8, 4) is 11.1 Å². The van der Waals surface area contributed by atoms with Crippen LogP contribution in [0.1, 0.15) is 16.8 Å². The fourth-order valence-electron chi connectivity index (χ4n) is 3.59. The van der Waals surface area contributed by atoms with Crippen molar-refractivity contribution >= 4 is 56.0 Å². The van der Waals surface area contributed by atoms with Gasteiger partial charge in [0.1, 0.15) is 10.5 Å². The molecule has 0 unspecified atom stereocenters. The van der Waals surface area contributed by atoms with Gasteiger partial charge >= 0.3 is 0 Å². The Balaban J connectivity index is 1.85. The minimum atomic E-state index is -4.13. The maximum absolute atomic E-state index is 13.2. The molecule has 2 N–H and O–H groups in total. The van der Waals surface area contributed by atoms with Gasteiger partial charge in [0.2, 0.25) is 0 Å². The number of halogens is 2. The molecule has 0 saturated heterocycles. The van der Waals surface area contributed by atoms with Gasteiger partial charge in [0.15, 0.2) is 0 Å². The summed E-state index contributed by atoms with van der Waals surface area (Å²) in [6.45, 7) is 5.29. The standard InChI is InChI=1S/C23H18Cl2N2O4S/c1-3-16-17(18-12-31-20-7-8-26-13(2)22(18)20)5-4-6-19(16)27-32(29,30)21-10-15(24)9-14(11-28)23(21)25/h3-10,12,27-28H,1,11H2,2H3. The number of anilines is 1. The molecule has 0 saturated carbocycles. The van der Waals surface area contributed by atoms with Gasteiger partial charge in [0, 0.05) is 33.4 Å². The molecule has 0 aliphatic heterocycles. The molecule has 4 aromatic rings. The van der Waals surface area contributed by atoms with Crippen molar-refractivity contribution in [3.63, 3.8) is 0 Å². The van der Waals surface area contributed by atoms with Gasteiger partial charge in [-0.1, -0.05) is 48.0 Å². The number of aromatic nitrogens is 1. The number of furan rings is 1. The van der Waals surface area contributed by atoms with Gasteiger partial charge in [-0.25, -0.2) is 8.42 Å². The highest BCUT2D eigenvalue weighted by Crippen LogP contribution is 2.38. The van der Waals surface area contributed by atoms with Crippen LogP contribution >= 0.6 is 23.2 Å². The van der Waals surface area contributed by atoms with E-state index in [0.29, 0.717) is 16.8 Å². The molecule has 0 aliphatic rings. The number of rotatable bonds is 6. The quantitative estimate of drug-likeness (QED) is 0.344. The number of aryl methyl sites for hydroxylation is 1. The normalized spacial score (nSPS) is 11.6. The van der Waals surface area contributed by atoms with Gasteiger partial charge in [0.25, 0.3) is 10.0 Å². The van der Waals surface area contributed by atoms with Crippen LogP contribution in [0.4, 0.5) is 5.69 Å². The van der Waals surface area contributed by atoms with E-state index in [9.17, 15) is 13.5 Å². The van der Waals surface area contributed by atoms with E-state index in [-0.39, 0.29) is 20.5 Å². The first-order valence-corrected chi connectivity index (χ1v) is 11.7. The van der Waals surface area contributed by atoms with Crippen LogP contribution in [0.5, 0.6) is 0 Å². The third kappa shape index (κ3) is 3.89. The van der Waals surface area contributed by atoms with E-state index in [4.69, 9.17) is 27.6 Å². The van der Waals surface area contributed by atoms with Crippen LogP contribution in [0.2, 0.25) is 10.0 Å². The summed E-state index contributed by atoms with van der Waals surface area (Å²) in [5.74, 6) is 0. The lowest BCUT2D eigenvalue weighted by Crippen LogP contribution is -2.15. The summed E-state index contributed by atoms with van der Waals surface area (Å²) >= 11 is 12.3. The molecular formula is C23H18Cl2N2O4S. The second-order valence-corrected chi connectivity index (χ2v) is 9.50. The average Bonchev–Trinajstić information content (AvgIpc) is 3.20. The lowest BCUT2D eigenvalue weighted by atomic mass is 9.97. The Morgan fingerprint density at radius 2 is 2.00 bits per heavy atom. The lowest BCUT2D eigenvalue weighted by molar-refractivity contribution is 0.281. The van der Waals surface area contributed by atoms with Gasteiger partial charge < -0.3 is 9.52 Å². The van der Waals surface area contributed by atoms with Crippen molar-refractivity contribution in [1.82, 2.24) is 4.98 Å². The number of hydrogen-bond donors (Lipinski definition) is 2. The molecule has 0 radical (unpaired) electrons. The van der Waals surface area contributed by atoms with E-state index in [1.807, 2.05) is 13.0 Å². The number of aliphatic hydroxyl groups excluding tert-OH is 1. The molecule has 4 rings (SSSR count). The predicted octanol–water partition coefficient (Wildman–Crippen LogP) is 6.05. The minimum Gasteiger partial charge on any atom is -0.464 e. The van der Waals surface area contributed by atoms with Crippen LogP contribution in [-0.2, 0) is 16.6 Å². The highest BCUT2D eigenvalue weighted by Gasteiger charge is 2.23. The Bertz CT molecular complexity index is 1460. The molecule has 0 atom stereocenters. The van der Waals surface area contributed by atoms with E-state index in [1.165, 1.54) is 12.1 Å². The smallest absolute Gasteiger partial charge is 0.263 e. The Labute approximate surface area is 195 Å².